The van der Waals surface area contributed by atoms with Crippen molar-refractivity contribution in [2.45, 2.75) is 52.9 Å². The molecular formula is C16H29N. The number of nitrogens with zero attached hydrogens (tertiary/aromatic N) is 1. The van der Waals surface area contributed by atoms with Crippen LogP contribution in [0.15, 0.2) is 23.3 Å². The molecule has 0 aromatic rings. The fourth-order valence-electron chi connectivity index (χ4n) is 2.65. The lowest BCUT2D eigenvalue weighted by molar-refractivity contribution is 0.364. The summed E-state index contributed by atoms with van der Waals surface area (Å²) in [5, 5.41) is 0. The summed E-state index contributed by atoms with van der Waals surface area (Å²) in [5.74, 6) is 0.770. The lowest BCUT2D eigenvalue weighted by atomic mass is 9.89. The number of hydrogen-bond acceptors (Lipinski definition) is 1. The van der Waals surface area contributed by atoms with E-state index in [-0.39, 0.29) is 0 Å². The molecule has 17 heavy (non-hydrogen) atoms. The third kappa shape index (κ3) is 4.67. The average Bonchev–Trinajstić information content (AvgIpc) is 2.50. The van der Waals surface area contributed by atoms with Gasteiger partial charge in [0.2, 0.25) is 0 Å². The van der Waals surface area contributed by atoms with Crippen molar-refractivity contribution in [1.82, 2.24) is 4.90 Å². The van der Waals surface area contributed by atoms with E-state index in [9.17, 15) is 0 Å². The molecule has 0 saturated heterocycles. The fourth-order valence-corrected chi connectivity index (χ4v) is 2.65. The molecule has 1 unspecified atom stereocenters. The van der Waals surface area contributed by atoms with Crippen molar-refractivity contribution in [3.63, 3.8) is 0 Å². The second-order valence-corrected chi connectivity index (χ2v) is 5.36. The van der Waals surface area contributed by atoms with E-state index in [2.05, 4.69) is 44.9 Å². The van der Waals surface area contributed by atoms with Crippen LogP contribution < -0.4 is 0 Å². The zero-order chi connectivity index (χ0) is 12.7. The molecule has 0 aliphatic carbocycles. The van der Waals surface area contributed by atoms with E-state index in [4.69, 9.17) is 0 Å². The highest BCUT2D eigenvalue weighted by atomic mass is 15.1. The normalized spacial score (nSPS) is 20.9. The molecule has 0 radical (unpaired) electrons. The first kappa shape index (κ1) is 14.5. The Hall–Kier alpha value is -0.560. The summed E-state index contributed by atoms with van der Waals surface area (Å²) in [4.78, 5) is 2.48. The van der Waals surface area contributed by atoms with Crippen LogP contribution in [0.3, 0.4) is 0 Å². The Kier molecular flexibility index (Phi) is 6.57. The van der Waals surface area contributed by atoms with Gasteiger partial charge in [0, 0.05) is 6.54 Å². The predicted octanol–water partition coefficient (Wildman–Crippen LogP) is 4.41. The summed E-state index contributed by atoms with van der Waals surface area (Å²) < 4.78 is 0. The van der Waals surface area contributed by atoms with Gasteiger partial charge in [0.25, 0.3) is 0 Å². The first-order chi connectivity index (χ1) is 8.19. The van der Waals surface area contributed by atoms with Crippen LogP contribution in [0, 0.1) is 5.92 Å². The zero-order valence-electron chi connectivity index (χ0n) is 12.1. The minimum atomic E-state index is 0.770. The number of hydrogen-bond donors (Lipinski definition) is 0. The Morgan fingerprint density at radius 3 is 2.71 bits per heavy atom. The van der Waals surface area contributed by atoms with Crippen LogP contribution in [0.2, 0.25) is 0 Å². The number of likely N-dealkylation sites (N-methyl/N-ethyl adjacent to an activating group) is 1. The van der Waals surface area contributed by atoms with Crippen molar-refractivity contribution in [3.8, 4) is 0 Å². The van der Waals surface area contributed by atoms with Crippen LogP contribution in [0.25, 0.3) is 0 Å². The highest BCUT2D eigenvalue weighted by molar-refractivity contribution is 5.22. The lowest BCUT2D eigenvalue weighted by Crippen LogP contribution is -2.20. The van der Waals surface area contributed by atoms with Gasteiger partial charge in [-0.1, -0.05) is 44.1 Å². The fraction of sp³-hybridized carbons (Fsp3) is 0.750. The Balaban J connectivity index is 2.82. The van der Waals surface area contributed by atoms with Gasteiger partial charge in [0.05, 0.1) is 0 Å². The largest absolute Gasteiger partial charge is 0.302 e. The molecule has 1 atom stereocenters. The molecule has 0 aromatic heterocycles. The summed E-state index contributed by atoms with van der Waals surface area (Å²) in [5.41, 5.74) is 3.43. The van der Waals surface area contributed by atoms with E-state index in [0.717, 1.165) is 18.8 Å². The Morgan fingerprint density at radius 1 is 1.29 bits per heavy atom. The molecule has 1 nitrogen and oxygen atoms in total. The topological polar surface area (TPSA) is 3.24 Å². The summed E-state index contributed by atoms with van der Waals surface area (Å²) in [7, 11) is 2.25. The Bertz CT molecular complexity index is 275. The van der Waals surface area contributed by atoms with Crippen molar-refractivity contribution in [2.75, 3.05) is 20.1 Å². The SMILES string of the molecule is CC/C=C\CC1=C(C(C)CC)CCCN(C)C1. The van der Waals surface area contributed by atoms with Gasteiger partial charge in [-0.3, -0.25) is 0 Å². The maximum absolute atomic E-state index is 2.48. The summed E-state index contributed by atoms with van der Waals surface area (Å²) in [6.45, 7) is 9.34. The van der Waals surface area contributed by atoms with E-state index in [1.165, 1.54) is 32.4 Å². The minimum Gasteiger partial charge on any atom is -0.302 e. The predicted molar refractivity (Wildman–Crippen MR) is 77.3 cm³/mol. The maximum Gasteiger partial charge on any atom is 0.0195 e. The molecule has 0 N–H and O–H groups in total. The quantitative estimate of drug-likeness (QED) is 0.638. The summed E-state index contributed by atoms with van der Waals surface area (Å²) in [6, 6.07) is 0. The highest BCUT2D eigenvalue weighted by Crippen LogP contribution is 2.28. The molecule has 1 heterocycles. The third-order valence-corrected chi connectivity index (χ3v) is 3.87. The molecular weight excluding hydrogens is 206 g/mol. The standard InChI is InChI=1S/C16H29N/c1-5-7-8-10-15-13-17(4)12-9-11-16(15)14(3)6-2/h7-8,14H,5-6,9-13H2,1-4H3/b8-7-. The van der Waals surface area contributed by atoms with Crippen LogP contribution in [-0.4, -0.2) is 25.0 Å². The van der Waals surface area contributed by atoms with E-state index in [1.54, 1.807) is 11.1 Å². The average molecular weight is 235 g/mol. The van der Waals surface area contributed by atoms with Crippen molar-refractivity contribution in [1.29, 1.82) is 0 Å². The summed E-state index contributed by atoms with van der Waals surface area (Å²) in [6.07, 6.45) is 10.9. The zero-order valence-corrected chi connectivity index (χ0v) is 12.1. The first-order valence-corrected chi connectivity index (χ1v) is 7.23. The number of rotatable bonds is 5. The van der Waals surface area contributed by atoms with E-state index in [1.807, 2.05) is 0 Å². The van der Waals surface area contributed by atoms with Crippen LogP contribution >= 0.6 is 0 Å². The third-order valence-electron chi connectivity index (χ3n) is 3.87. The van der Waals surface area contributed by atoms with Gasteiger partial charge in [0.15, 0.2) is 0 Å². The second-order valence-electron chi connectivity index (χ2n) is 5.36. The Labute approximate surface area is 108 Å². The van der Waals surface area contributed by atoms with E-state index in [0.29, 0.717) is 0 Å². The number of allylic oxidation sites excluding steroid dienone is 3. The molecule has 0 amide bonds. The summed E-state index contributed by atoms with van der Waals surface area (Å²) >= 11 is 0. The van der Waals surface area contributed by atoms with Gasteiger partial charge in [0.1, 0.15) is 0 Å². The first-order valence-electron chi connectivity index (χ1n) is 7.23. The van der Waals surface area contributed by atoms with E-state index >= 15 is 0 Å². The van der Waals surface area contributed by atoms with Crippen molar-refractivity contribution in [2.24, 2.45) is 5.92 Å². The van der Waals surface area contributed by atoms with Crippen LogP contribution in [0.4, 0.5) is 0 Å². The van der Waals surface area contributed by atoms with Crippen molar-refractivity contribution < 1.29 is 0 Å². The molecule has 0 spiro atoms. The van der Waals surface area contributed by atoms with Gasteiger partial charge >= 0.3 is 0 Å². The molecule has 1 aliphatic rings. The molecule has 1 rings (SSSR count). The van der Waals surface area contributed by atoms with Crippen LogP contribution in [-0.2, 0) is 0 Å². The molecule has 0 bridgehead atoms. The lowest BCUT2D eigenvalue weighted by Gasteiger charge is -2.19. The molecule has 98 valence electrons. The molecule has 0 saturated carbocycles. The van der Waals surface area contributed by atoms with Crippen LogP contribution in [0.1, 0.15) is 52.9 Å². The van der Waals surface area contributed by atoms with Gasteiger partial charge in [-0.15, -0.1) is 0 Å². The molecule has 0 aromatic carbocycles. The minimum absolute atomic E-state index is 0.770. The van der Waals surface area contributed by atoms with Gasteiger partial charge in [-0.25, -0.2) is 0 Å². The monoisotopic (exact) mass is 235 g/mol. The van der Waals surface area contributed by atoms with Crippen molar-refractivity contribution in [3.05, 3.63) is 23.3 Å². The molecule has 1 aliphatic heterocycles. The van der Waals surface area contributed by atoms with Gasteiger partial charge in [-0.2, -0.15) is 0 Å². The van der Waals surface area contributed by atoms with Crippen LogP contribution in [0.5, 0.6) is 0 Å². The highest BCUT2D eigenvalue weighted by Gasteiger charge is 2.17. The van der Waals surface area contributed by atoms with Gasteiger partial charge in [-0.05, 0) is 51.6 Å². The molecule has 0 fully saturated rings. The van der Waals surface area contributed by atoms with E-state index < -0.39 is 0 Å². The smallest absolute Gasteiger partial charge is 0.0195 e. The maximum atomic E-state index is 2.48. The van der Waals surface area contributed by atoms with Crippen molar-refractivity contribution >= 4 is 0 Å². The Morgan fingerprint density at radius 2 is 2.06 bits per heavy atom. The second kappa shape index (κ2) is 7.71. The molecule has 1 heteroatoms. The van der Waals surface area contributed by atoms with Gasteiger partial charge < -0.3 is 4.90 Å².